The summed E-state index contributed by atoms with van der Waals surface area (Å²) in [5, 5.41) is 0. The van der Waals surface area contributed by atoms with E-state index in [1.807, 2.05) is 6.92 Å². The molecule has 2 aromatic rings. The number of fused-ring (bicyclic) bond motifs is 1. The molecular weight excluding hydrogens is 284 g/mol. The molecule has 7 heteroatoms. The summed E-state index contributed by atoms with van der Waals surface area (Å²) in [4.78, 5) is 40.5. The van der Waals surface area contributed by atoms with Crippen LogP contribution in [-0.2, 0) is 24.9 Å². The zero-order valence-electron chi connectivity index (χ0n) is 13.5. The fraction of sp³-hybridized carbons (Fsp3) is 0.600. The van der Waals surface area contributed by atoms with Crippen LogP contribution in [0.25, 0.3) is 11.2 Å². The summed E-state index contributed by atoms with van der Waals surface area (Å²) < 4.78 is 4.37. The summed E-state index contributed by atoms with van der Waals surface area (Å²) in [5.74, 6) is -0.116. The van der Waals surface area contributed by atoms with Gasteiger partial charge in [-0.3, -0.25) is 18.7 Å². The first kappa shape index (κ1) is 16.2. The van der Waals surface area contributed by atoms with Gasteiger partial charge in [0.2, 0.25) is 0 Å². The van der Waals surface area contributed by atoms with Crippen LogP contribution in [0.5, 0.6) is 0 Å². The molecule has 22 heavy (non-hydrogen) atoms. The zero-order valence-corrected chi connectivity index (χ0v) is 13.5. The number of rotatable bonds is 6. The van der Waals surface area contributed by atoms with Crippen molar-refractivity contribution in [3.05, 3.63) is 27.2 Å². The molecule has 2 rings (SSSR count). The molecule has 0 amide bonds. The Morgan fingerprint density at radius 3 is 2.59 bits per heavy atom. The van der Waals surface area contributed by atoms with Crippen molar-refractivity contribution in [1.29, 1.82) is 0 Å². The molecule has 2 heterocycles. The van der Waals surface area contributed by atoms with Crippen molar-refractivity contribution in [2.24, 2.45) is 13.0 Å². The van der Waals surface area contributed by atoms with Crippen LogP contribution in [0.2, 0.25) is 0 Å². The van der Waals surface area contributed by atoms with E-state index in [9.17, 15) is 14.4 Å². The molecule has 0 saturated heterocycles. The molecule has 1 atom stereocenters. The van der Waals surface area contributed by atoms with Crippen molar-refractivity contribution in [1.82, 2.24) is 18.7 Å². The lowest BCUT2D eigenvalue weighted by molar-refractivity contribution is -0.120. The van der Waals surface area contributed by atoms with Gasteiger partial charge >= 0.3 is 5.69 Å². The first-order valence-corrected chi connectivity index (χ1v) is 7.53. The molecule has 0 saturated carbocycles. The van der Waals surface area contributed by atoms with Gasteiger partial charge in [0.05, 0.1) is 6.33 Å². The number of imidazole rings is 1. The van der Waals surface area contributed by atoms with Gasteiger partial charge in [0, 0.05) is 26.1 Å². The summed E-state index contributed by atoms with van der Waals surface area (Å²) in [7, 11) is 1.61. The summed E-state index contributed by atoms with van der Waals surface area (Å²) in [6, 6.07) is 0. The predicted octanol–water partition coefficient (Wildman–Crippen LogP) is 0.922. The molecule has 0 bridgehead atoms. The molecule has 120 valence electrons. The molecule has 0 fully saturated rings. The van der Waals surface area contributed by atoms with Gasteiger partial charge < -0.3 is 4.57 Å². The second kappa shape index (κ2) is 6.29. The Morgan fingerprint density at radius 1 is 1.32 bits per heavy atom. The minimum atomic E-state index is -0.394. The first-order chi connectivity index (χ1) is 10.4. The largest absolute Gasteiger partial charge is 0.332 e. The minimum absolute atomic E-state index is 0.0574. The maximum atomic E-state index is 12.6. The van der Waals surface area contributed by atoms with E-state index in [-0.39, 0.29) is 23.8 Å². The number of carbonyl (C=O) groups excluding carboxylic acids is 1. The van der Waals surface area contributed by atoms with Crippen LogP contribution in [0.3, 0.4) is 0 Å². The Bertz CT molecular complexity index is 813. The highest BCUT2D eigenvalue weighted by Crippen LogP contribution is 2.08. The van der Waals surface area contributed by atoms with Crippen LogP contribution in [0.4, 0.5) is 0 Å². The molecule has 0 spiro atoms. The maximum Gasteiger partial charge on any atom is 0.332 e. The second-order valence-electron chi connectivity index (χ2n) is 5.71. The fourth-order valence-corrected chi connectivity index (χ4v) is 2.46. The van der Waals surface area contributed by atoms with E-state index in [0.717, 1.165) is 6.42 Å². The number of hydrogen-bond donors (Lipinski definition) is 0. The summed E-state index contributed by atoms with van der Waals surface area (Å²) >= 11 is 0. The van der Waals surface area contributed by atoms with Gasteiger partial charge in [-0.1, -0.05) is 13.8 Å². The topological polar surface area (TPSA) is 78.9 Å². The van der Waals surface area contributed by atoms with Crippen molar-refractivity contribution in [2.45, 2.75) is 46.7 Å². The molecular formula is C15H22N4O3. The molecule has 0 aliphatic heterocycles. The van der Waals surface area contributed by atoms with E-state index < -0.39 is 5.69 Å². The van der Waals surface area contributed by atoms with Gasteiger partial charge in [-0.2, -0.15) is 0 Å². The Morgan fingerprint density at radius 2 is 2.00 bits per heavy atom. The van der Waals surface area contributed by atoms with Crippen molar-refractivity contribution in [2.75, 3.05) is 0 Å². The lowest BCUT2D eigenvalue weighted by Gasteiger charge is -2.11. The molecule has 0 aromatic carbocycles. The third-order valence-corrected chi connectivity index (χ3v) is 4.05. The van der Waals surface area contributed by atoms with Crippen LogP contribution in [-0.4, -0.2) is 24.5 Å². The van der Waals surface area contributed by atoms with E-state index in [2.05, 4.69) is 4.98 Å². The first-order valence-electron chi connectivity index (χ1n) is 7.53. The average Bonchev–Trinajstić information content (AvgIpc) is 2.89. The summed E-state index contributed by atoms with van der Waals surface area (Å²) in [6.07, 6.45) is 2.94. The normalized spacial score (nSPS) is 12.7. The number of nitrogens with zero attached hydrogens (tertiary/aromatic N) is 4. The highest BCUT2D eigenvalue weighted by atomic mass is 16.2. The molecule has 2 aromatic heterocycles. The quantitative estimate of drug-likeness (QED) is 0.795. The monoisotopic (exact) mass is 306 g/mol. The van der Waals surface area contributed by atoms with Crippen LogP contribution >= 0.6 is 0 Å². The number of hydrogen-bond acceptors (Lipinski definition) is 4. The van der Waals surface area contributed by atoms with Gasteiger partial charge in [0.25, 0.3) is 5.56 Å². The highest BCUT2D eigenvalue weighted by molar-refractivity contribution is 5.77. The van der Waals surface area contributed by atoms with Gasteiger partial charge in [0.15, 0.2) is 11.2 Å². The van der Waals surface area contributed by atoms with Crippen molar-refractivity contribution in [3.63, 3.8) is 0 Å². The van der Waals surface area contributed by atoms with Crippen molar-refractivity contribution >= 4 is 16.9 Å². The number of ketones is 1. The van der Waals surface area contributed by atoms with E-state index >= 15 is 0 Å². The van der Waals surface area contributed by atoms with E-state index in [4.69, 9.17) is 0 Å². The van der Waals surface area contributed by atoms with Crippen LogP contribution in [0.1, 0.15) is 33.6 Å². The van der Waals surface area contributed by atoms with Crippen molar-refractivity contribution in [3.8, 4) is 0 Å². The Hall–Kier alpha value is -2.18. The SMILES string of the molecule is CCCn1cnc2c1c(=O)n(CCC(C)C(C)=O)c(=O)n2C. The average molecular weight is 306 g/mol. The highest BCUT2D eigenvalue weighted by Gasteiger charge is 2.17. The van der Waals surface area contributed by atoms with Crippen LogP contribution < -0.4 is 11.2 Å². The number of Topliss-reactive ketones (excluding diaryl/α,β-unsaturated/α-hetero) is 1. The summed E-state index contributed by atoms with van der Waals surface area (Å²) in [6.45, 7) is 6.25. The Kier molecular flexibility index (Phi) is 4.63. The van der Waals surface area contributed by atoms with Gasteiger partial charge in [-0.25, -0.2) is 9.78 Å². The Balaban J connectivity index is 2.54. The van der Waals surface area contributed by atoms with E-state index in [1.54, 1.807) is 24.9 Å². The lowest BCUT2D eigenvalue weighted by Crippen LogP contribution is -2.40. The molecule has 0 aliphatic carbocycles. The van der Waals surface area contributed by atoms with Gasteiger partial charge in [-0.15, -0.1) is 0 Å². The molecule has 0 radical (unpaired) electrons. The summed E-state index contributed by atoms with van der Waals surface area (Å²) in [5.41, 5.74) is 0.119. The second-order valence-corrected chi connectivity index (χ2v) is 5.71. The third-order valence-electron chi connectivity index (χ3n) is 4.05. The molecule has 0 N–H and O–H groups in total. The fourth-order valence-electron chi connectivity index (χ4n) is 2.46. The molecule has 0 aliphatic rings. The maximum absolute atomic E-state index is 12.6. The van der Waals surface area contributed by atoms with E-state index in [0.29, 0.717) is 24.1 Å². The Labute approximate surface area is 128 Å². The smallest absolute Gasteiger partial charge is 0.325 e. The molecule has 7 nitrogen and oxygen atoms in total. The standard InChI is InChI=1S/C15H22N4O3/c1-5-7-18-9-16-13-12(18)14(21)19(15(22)17(13)4)8-6-10(2)11(3)20/h9-10H,5-8H2,1-4H3. The predicted molar refractivity (Wildman–Crippen MR) is 84.0 cm³/mol. The number of aromatic nitrogens is 4. The van der Waals surface area contributed by atoms with Gasteiger partial charge in [-0.05, 0) is 19.8 Å². The zero-order chi connectivity index (χ0) is 16.4. The van der Waals surface area contributed by atoms with Crippen LogP contribution in [0, 0.1) is 5.92 Å². The van der Waals surface area contributed by atoms with Crippen molar-refractivity contribution < 1.29 is 4.79 Å². The lowest BCUT2D eigenvalue weighted by atomic mass is 10.0. The number of aryl methyl sites for hydroxylation is 2. The third kappa shape index (κ3) is 2.75. The van der Waals surface area contributed by atoms with Crippen LogP contribution in [0.15, 0.2) is 15.9 Å². The number of carbonyl (C=O) groups is 1. The van der Waals surface area contributed by atoms with E-state index in [1.165, 1.54) is 16.1 Å². The van der Waals surface area contributed by atoms with Gasteiger partial charge in [0.1, 0.15) is 5.78 Å². The minimum Gasteiger partial charge on any atom is -0.325 e. The molecule has 1 unspecified atom stereocenters.